The van der Waals surface area contributed by atoms with Gasteiger partial charge in [-0.3, -0.25) is 13.9 Å². The number of carbonyl (C=O) groups is 1. The third-order valence-corrected chi connectivity index (χ3v) is 7.44. The van der Waals surface area contributed by atoms with Crippen LogP contribution >= 0.6 is 11.3 Å². The molecule has 0 radical (unpaired) electrons. The highest BCUT2D eigenvalue weighted by Gasteiger charge is 2.15. The van der Waals surface area contributed by atoms with Gasteiger partial charge in [-0.1, -0.05) is 35.9 Å². The molecule has 0 saturated carbocycles. The summed E-state index contributed by atoms with van der Waals surface area (Å²) in [5.41, 5.74) is 3.62. The number of imidazole rings is 1. The van der Waals surface area contributed by atoms with Crippen LogP contribution in [0.25, 0.3) is 11.0 Å². The maximum Gasteiger partial charge on any atom is 0.261 e. The molecule has 0 aliphatic rings. The first-order valence-corrected chi connectivity index (χ1v) is 11.9. The number of ketones is 1. The SMILES string of the molecule is Cc1ccc(S(=O)(=O)Nc2cccc(/C=C/C(=O)c3cnc4sc(C)c(C)n34)c2)cc1. The molecule has 158 valence electrons. The number of nitrogens with zero attached hydrogens (tertiary/aromatic N) is 2. The summed E-state index contributed by atoms with van der Waals surface area (Å²) in [6, 6.07) is 13.5. The number of thiazole rings is 1. The molecule has 0 saturated heterocycles. The Labute approximate surface area is 184 Å². The summed E-state index contributed by atoms with van der Waals surface area (Å²) in [7, 11) is -3.69. The number of hydrogen-bond acceptors (Lipinski definition) is 5. The Kier molecular flexibility index (Phi) is 5.51. The number of carbonyl (C=O) groups excluding carboxylic acids is 1. The number of aryl methyl sites for hydroxylation is 3. The van der Waals surface area contributed by atoms with Crippen molar-refractivity contribution >= 4 is 43.9 Å². The molecule has 2 aromatic heterocycles. The number of rotatable bonds is 6. The molecule has 0 amide bonds. The van der Waals surface area contributed by atoms with Gasteiger partial charge in [0.1, 0.15) is 5.69 Å². The van der Waals surface area contributed by atoms with E-state index in [-0.39, 0.29) is 10.7 Å². The van der Waals surface area contributed by atoms with Crippen LogP contribution in [-0.2, 0) is 10.0 Å². The number of allylic oxidation sites excluding steroid dienone is 1. The first-order valence-electron chi connectivity index (χ1n) is 9.60. The number of fused-ring (bicyclic) bond motifs is 1. The van der Waals surface area contributed by atoms with E-state index in [1.165, 1.54) is 6.08 Å². The topological polar surface area (TPSA) is 80.5 Å². The fourth-order valence-corrected chi connectivity index (χ4v) is 5.16. The van der Waals surface area contributed by atoms with Crippen molar-refractivity contribution in [2.45, 2.75) is 25.7 Å². The molecule has 0 aliphatic heterocycles. The molecule has 0 unspecified atom stereocenters. The molecular weight excluding hydrogens is 430 g/mol. The van der Waals surface area contributed by atoms with Gasteiger partial charge in [0.2, 0.25) is 5.78 Å². The highest BCUT2D eigenvalue weighted by molar-refractivity contribution is 7.92. The van der Waals surface area contributed by atoms with Gasteiger partial charge < -0.3 is 0 Å². The normalized spacial score (nSPS) is 12.0. The zero-order valence-corrected chi connectivity index (χ0v) is 18.9. The van der Waals surface area contributed by atoms with E-state index in [1.807, 2.05) is 25.2 Å². The van der Waals surface area contributed by atoms with Crippen molar-refractivity contribution in [2.75, 3.05) is 4.72 Å². The second kappa shape index (κ2) is 8.13. The summed E-state index contributed by atoms with van der Waals surface area (Å²) < 4.78 is 29.7. The molecule has 2 aromatic carbocycles. The summed E-state index contributed by atoms with van der Waals surface area (Å²) in [6.07, 6.45) is 4.72. The van der Waals surface area contributed by atoms with Crippen LogP contribution in [0.15, 0.2) is 65.7 Å². The van der Waals surface area contributed by atoms with E-state index in [2.05, 4.69) is 9.71 Å². The summed E-state index contributed by atoms with van der Waals surface area (Å²) in [6.45, 7) is 5.86. The number of anilines is 1. The van der Waals surface area contributed by atoms with Crippen molar-refractivity contribution in [3.8, 4) is 0 Å². The Morgan fingerprint density at radius 1 is 1.10 bits per heavy atom. The quantitative estimate of drug-likeness (QED) is 0.330. The maximum absolute atomic E-state index is 12.7. The molecule has 31 heavy (non-hydrogen) atoms. The minimum Gasteiger partial charge on any atom is -0.288 e. The lowest BCUT2D eigenvalue weighted by molar-refractivity contribution is 0.104. The highest BCUT2D eigenvalue weighted by Crippen LogP contribution is 2.23. The van der Waals surface area contributed by atoms with Crippen LogP contribution in [0.5, 0.6) is 0 Å². The molecule has 0 fully saturated rings. The fourth-order valence-electron chi connectivity index (χ4n) is 3.17. The number of aromatic nitrogens is 2. The number of hydrogen-bond donors (Lipinski definition) is 1. The molecule has 6 nitrogen and oxygen atoms in total. The second-order valence-corrected chi connectivity index (χ2v) is 10.1. The van der Waals surface area contributed by atoms with Crippen LogP contribution in [-0.4, -0.2) is 23.6 Å². The van der Waals surface area contributed by atoms with Crippen LogP contribution in [0.4, 0.5) is 5.69 Å². The average Bonchev–Trinajstić information content (AvgIpc) is 3.26. The van der Waals surface area contributed by atoms with E-state index in [0.29, 0.717) is 16.9 Å². The lowest BCUT2D eigenvalue weighted by Gasteiger charge is -2.09. The van der Waals surface area contributed by atoms with Gasteiger partial charge in [-0.15, -0.1) is 11.3 Å². The zero-order chi connectivity index (χ0) is 22.2. The molecule has 0 spiro atoms. The van der Waals surface area contributed by atoms with Crippen molar-refractivity contribution < 1.29 is 13.2 Å². The van der Waals surface area contributed by atoms with Gasteiger partial charge in [0.15, 0.2) is 4.96 Å². The molecule has 0 atom stereocenters. The van der Waals surface area contributed by atoms with Gasteiger partial charge in [0, 0.05) is 16.3 Å². The third-order valence-electron chi connectivity index (χ3n) is 4.97. The van der Waals surface area contributed by atoms with E-state index in [9.17, 15) is 13.2 Å². The lowest BCUT2D eigenvalue weighted by atomic mass is 10.1. The first-order chi connectivity index (χ1) is 14.7. The van der Waals surface area contributed by atoms with Gasteiger partial charge in [-0.2, -0.15) is 0 Å². The van der Waals surface area contributed by atoms with E-state index >= 15 is 0 Å². The van der Waals surface area contributed by atoms with Crippen LogP contribution in [0.1, 0.15) is 32.2 Å². The summed E-state index contributed by atoms with van der Waals surface area (Å²) in [5.74, 6) is -0.168. The van der Waals surface area contributed by atoms with Gasteiger partial charge in [0.25, 0.3) is 10.0 Å². The van der Waals surface area contributed by atoms with Crippen LogP contribution in [0.2, 0.25) is 0 Å². The second-order valence-electron chi connectivity index (χ2n) is 7.25. The minimum absolute atomic E-state index is 0.168. The van der Waals surface area contributed by atoms with Gasteiger partial charge in [-0.05, 0) is 56.7 Å². The molecule has 0 aliphatic carbocycles. The summed E-state index contributed by atoms with van der Waals surface area (Å²) in [5, 5.41) is 0. The first kappa shape index (κ1) is 21.0. The van der Waals surface area contributed by atoms with E-state index in [1.54, 1.807) is 72.1 Å². The Morgan fingerprint density at radius 3 is 2.58 bits per heavy atom. The molecule has 8 heteroatoms. The molecule has 0 bridgehead atoms. The molecule has 1 N–H and O–H groups in total. The van der Waals surface area contributed by atoms with Crippen molar-refractivity contribution in [3.05, 3.63) is 88.2 Å². The number of nitrogens with one attached hydrogen (secondary N) is 1. The van der Waals surface area contributed by atoms with Crippen LogP contribution < -0.4 is 4.72 Å². The van der Waals surface area contributed by atoms with E-state index < -0.39 is 10.0 Å². The standard InChI is InChI=1S/C23H21N3O3S2/c1-15-7-10-20(11-8-15)31(28,29)25-19-6-4-5-18(13-19)9-12-22(27)21-14-24-23-26(21)16(2)17(3)30-23/h4-14,25H,1-3H3/b12-9+. The predicted molar refractivity (Wildman–Crippen MR) is 124 cm³/mol. The zero-order valence-electron chi connectivity index (χ0n) is 17.3. The monoisotopic (exact) mass is 451 g/mol. The predicted octanol–water partition coefficient (Wildman–Crippen LogP) is 5.02. The van der Waals surface area contributed by atoms with E-state index in [4.69, 9.17) is 0 Å². The lowest BCUT2D eigenvalue weighted by Crippen LogP contribution is -2.12. The number of benzene rings is 2. The minimum atomic E-state index is -3.69. The van der Waals surface area contributed by atoms with Gasteiger partial charge in [-0.25, -0.2) is 13.4 Å². The maximum atomic E-state index is 12.7. The Bertz CT molecular complexity index is 1410. The highest BCUT2D eigenvalue weighted by atomic mass is 32.2. The van der Waals surface area contributed by atoms with Crippen molar-refractivity contribution in [3.63, 3.8) is 0 Å². The van der Waals surface area contributed by atoms with Gasteiger partial charge in [0.05, 0.1) is 11.1 Å². The van der Waals surface area contributed by atoms with E-state index in [0.717, 1.165) is 21.1 Å². The molecule has 4 aromatic rings. The number of sulfonamides is 1. The van der Waals surface area contributed by atoms with Crippen molar-refractivity contribution in [1.82, 2.24) is 9.38 Å². The smallest absolute Gasteiger partial charge is 0.261 e. The van der Waals surface area contributed by atoms with Crippen LogP contribution in [0.3, 0.4) is 0 Å². The summed E-state index contributed by atoms with van der Waals surface area (Å²) >= 11 is 1.55. The van der Waals surface area contributed by atoms with Crippen LogP contribution in [0, 0.1) is 20.8 Å². The average molecular weight is 452 g/mol. The molecular formula is C23H21N3O3S2. The largest absolute Gasteiger partial charge is 0.288 e. The molecule has 2 heterocycles. The Balaban J connectivity index is 1.55. The fraction of sp³-hybridized carbons (Fsp3) is 0.130. The summed E-state index contributed by atoms with van der Waals surface area (Å²) in [4.78, 5) is 19.1. The van der Waals surface area contributed by atoms with Crippen molar-refractivity contribution in [1.29, 1.82) is 0 Å². The third kappa shape index (κ3) is 4.30. The van der Waals surface area contributed by atoms with Gasteiger partial charge >= 0.3 is 0 Å². The molecule has 4 rings (SSSR count). The Morgan fingerprint density at radius 2 is 1.84 bits per heavy atom. The Hall–Kier alpha value is -3.23. The van der Waals surface area contributed by atoms with Crippen molar-refractivity contribution in [2.24, 2.45) is 0 Å².